The lowest BCUT2D eigenvalue weighted by molar-refractivity contribution is 0.285. The second-order valence-electron chi connectivity index (χ2n) is 6.03. The van der Waals surface area contributed by atoms with Crippen LogP contribution in [0.3, 0.4) is 0 Å². The minimum Gasteiger partial charge on any atom is -0.493 e. The van der Waals surface area contributed by atoms with E-state index in [0.29, 0.717) is 6.04 Å². The predicted octanol–water partition coefficient (Wildman–Crippen LogP) is 3.30. The summed E-state index contributed by atoms with van der Waals surface area (Å²) in [5.74, 6) is 1.07. The summed E-state index contributed by atoms with van der Waals surface area (Å²) in [7, 11) is 0. The smallest absolute Gasteiger partial charge is 0.122 e. The fraction of sp³-hybridized carbons (Fsp3) is 0.647. The highest BCUT2D eigenvalue weighted by Crippen LogP contribution is 2.28. The Morgan fingerprint density at radius 1 is 1.30 bits per heavy atom. The largest absolute Gasteiger partial charge is 0.493 e. The summed E-state index contributed by atoms with van der Waals surface area (Å²) >= 11 is 0. The predicted molar refractivity (Wildman–Crippen MR) is 83.6 cm³/mol. The van der Waals surface area contributed by atoms with Gasteiger partial charge in [0, 0.05) is 24.7 Å². The van der Waals surface area contributed by atoms with Crippen molar-refractivity contribution in [3.05, 3.63) is 23.8 Å². The van der Waals surface area contributed by atoms with E-state index >= 15 is 0 Å². The van der Waals surface area contributed by atoms with Gasteiger partial charge in [0.05, 0.1) is 6.61 Å². The summed E-state index contributed by atoms with van der Waals surface area (Å²) in [5, 5.41) is 3.73. The summed E-state index contributed by atoms with van der Waals surface area (Å²) in [6.45, 7) is 6.87. The maximum atomic E-state index is 5.57. The van der Waals surface area contributed by atoms with Gasteiger partial charge >= 0.3 is 0 Å². The van der Waals surface area contributed by atoms with Crippen LogP contribution >= 0.6 is 0 Å². The van der Waals surface area contributed by atoms with E-state index in [4.69, 9.17) is 4.74 Å². The third kappa shape index (κ3) is 3.26. The van der Waals surface area contributed by atoms with Crippen molar-refractivity contribution in [2.45, 2.75) is 45.1 Å². The van der Waals surface area contributed by atoms with E-state index in [-0.39, 0.29) is 0 Å². The van der Waals surface area contributed by atoms with Gasteiger partial charge in [-0.15, -0.1) is 0 Å². The number of benzene rings is 1. The van der Waals surface area contributed by atoms with Crippen molar-refractivity contribution >= 4 is 5.69 Å². The number of hydrogen-bond donors (Lipinski definition) is 1. The maximum absolute atomic E-state index is 5.57. The molecule has 1 aromatic carbocycles. The molecule has 0 spiro atoms. The molecule has 20 heavy (non-hydrogen) atoms. The molecule has 0 saturated carbocycles. The summed E-state index contributed by atoms with van der Waals surface area (Å²) in [5.41, 5.74) is 2.62. The second-order valence-corrected chi connectivity index (χ2v) is 6.03. The van der Waals surface area contributed by atoms with Crippen molar-refractivity contribution in [3.8, 4) is 5.75 Å². The number of anilines is 1. The van der Waals surface area contributed by atoms with E-state index in [1.54, 1.807) is 0 Å². The van der Waals surface area contributed by atoms with Crippen LogP contribution in [-0.2, 0) is 6.42 Å². The summed E-state index contributed by atoms with van der Waals surface area (Å²) in [4.78, 5) is 2.61. The van der Waals surface area contributed by atoms with Crippen LogP contribution in [0.15, 0.2) is 18.2 Å². The molecular weight excluding hydrogens is 248 g/mol. The van der Waals surface area contributed by atoms with Gasteiger partial charge < -0.3 is 15.0 Å². The van der Waals surface area contributed by atoms with Gasteiger partial charge in [-0.25, -0.2) is 0 Å². The molecule has 110 valence electrons. The van der Waals surface area contributed by atoms with E-state index in [1.807, 2.05) is 0 Å². The normalized spacial score (nSPS) is 22.9. The van der Waals surface area contributed by atoms with Gasteiger partial charge in [0.2, 0.25) is 0 Å². The van der Waals surface area contributed by atoms with Gasteiger partial charge in [-0.3, -0.25) is 0 Å². The number of likely N-dealkylation sites (tertiary alicyclic amines) is 1. The first-order valence-corrected chi connectivity index (χ1v) is 8.10. The average molecular weight is 274 g/mol. The number of rotatable bonds is 4. The van der Waals surface area contributed by atoms with Crippen LogP contribution in [0.1, 0.15) is 38.2 Å². The van der Waals surface area contributed by atoms with Gasteiger partial charge in [-0.05, 0) is 62.5 Å². The molecule has 1 unspecified atom stereocenters. The second kappa shape index (κ2) is 6.49. The Kier molecular flexibility index (Phi) is 4.46. The van der Waals surface area contributed by atoms with Crippen molar-refractivity contribution in [2.24, 2.45) is 0 Å². The molecule has 2 aliphatic rings. The van der Waals surface area contributed by atoms with E-state index < -0.39 is 0 Å². The Labute approximate surface area is 122 Å². The van der Waals surface area contributed by atoms with Crippen molar-refractivity contribution in [2.75, 3.05) is 31.6 Å². The van der Waals surface area contributed by atoms with Gasteiger partial charge in [0.25, 0.3) is 0 Å². The molecular formula is C17H26N2O. The minimum atomic E-state index is 0.622. The molecule has 1 saturated heterocycles. The molecule has 1 aromatic rings. The van der Waals surface area contributed by atoms with Crippen LogP contribution in [-0.4, -0.2) is 37.2 Å². The lowest BCUT2D eigenvalue weighted by Gasteiger charge is -2.20. The molecule has 0 radical (unpaired) electrons. The van der Waals surface area contributed by atoms with Crippen molar-refractivity contribution in [3.63, 3.8) is 0 Å². The number of nitrogens with zero attached hydrogens (tertiary/aromatic N) is 1. The Morgan fingerprint density at radius 2 is 2.25 bits per heavy atom. The molecule has 3 heteroatoms. The lowest BCUT2D eigenvalue weighted by atomic mass is 10.1. The fourth-order valence-corrected chi connectivity index (χ4v) is 3.35. The minimum absolute atomic E-state index is 0.622. The van der Waals surface area contributed by atoms with Gasteiger partial charge in [0.1, 0.15) is 5.75 Å². The number of nitrogens with one attached hydrogen (secondary N) is 1. The molecule has 0 aromatic heterocycles. The molecule has 3 nitrogen and oxygen atoms in total. The van der Waals surface area contributed by atoms with Gasteiger partial charge in [0.15, 0.2) is 0 Å². The summed E-state index contributed by atoms with van der Waals surface area (Å²) in [6, 6.07) is 7.18. The first kappa shape index (κ1) is 13.7. The van der Waals surface area contributed by atoms with E-state index in [1.165, 1.54) is 56.6 Å². The molecule has 1 fully saturated rings. The maximum Gasteiger partial charge on any atom is 0.122 e. The third-order valence-corrected chi connectivity index (χ3v) is 4.42. The average Bonchev–Trinajstić information content (AvgIpc) is 2.81. The van der Waals surface area contributed by atoms with Crippen molar-refractivity contribution in [1.82, 2.24) is 4.90 Å². The Balaban J connectivity index is 1.57. The molecule has 0 aliphatic carbocycles. The molecule has 2 aliphatic heterocycles. The zero-order chi connectivity index (χ0) is 13.8. The van der Waals surface area contributed by atoms with E-state index in [9.17, 15) is 0 Å². The molecule has 0 amide bonds. The van der Waals surface area contributed by atoms with Crippen LogP contribution in [0.2, 0.25) is 0 Å². The van der Waals surface area contributed by atoms with Crippen molar-refractivity contribution in [1.29, 1.82) is 0 Å². The van der Waals surface area contributed by atoms with Gasteiger partial charge in [-0.1, -0.05) is 6.92 Å². The quantitative estimate of drug-likeness (QED) is 0.911. The van der Waals surface area contributed by atoms with Crippen LogP contribution in [0, 0.1) is 0 Å². The fourth-order valence-electron chi connectivity index (χ4n) is 3.35. The standard InChI is InChI=1S/C17H26N2O/c1-2-9-19-10-3-4-15(7-11-19)18-16-5-6-17-14(13-16)8-12-20-17/h5-6,13,15,18H,2-4,7-12H2,1H3. The Morgan fingerprint density at radius 3 is 3.15 bits per heavy atom. The SMILES string of the molecule is CCCN1CCCC(Nc2ccc3c(c2)CCO3)CC1. The highest BCUT2D eigenvalue weighted by molar-refractivity contribution is 5.52. The number of ether oxygens (including phenoxy) is 1. The third-order valence-electron chi connectivity index (χ3n) is 4.42. The molecule has 1 N–H and O–H groups in total. The topological polar surface area (TPSA) is 24.5 Å². The Hall–Kier alpha value is -1.22. The molecule has 1 atom stereocenters. The van der Waals surface area contributed by atoms with E-state index in [0.717, 1.165) is 18.8 Å². The summed E-state index contributed by atoms with van der Waals surface area (Å²) in [6.07, 6.45) is 6.18. The Bertz CT molecular complexity index is 447. The number of hydrogen-bond acceptors (Lipinski definition) is 3. The first-order chi connectivity index (χ1) is 9.85. The number of fused-ring (bicyclic) bond motifs is 1. The zero-order valence-electron chi connectivity index (χ0n) is 12.5. The van der Waals surface area contributed by atoms with Crippen LogP contribution < -0.4 is 10.1 Å². The molecule has 3 rings (SSSR count). The molecule has 0 bridgehead atoms. The van der Waals surface area contributed by atoms with Crippen molar-refractivity contribution < 1.29 is 4.74 Å². The van der Waals surface area contributed by atoms with Crippen LogP contribution in [0.4, 0.5) is 5.69 Å². The van der Waals surface area contributed by atoms with Crippen LogP contribution in [0.5, 0.6) is 5.75 Å². The lowest BCUT2D eigenvalue weighted by Crippen LogP contribution is -2.27. The monoisotopic (exact) mass is 274 g/mol. The zero-order valence-corrected chi connectivity index (χ0v) is 12.5. The highest BCUT2D eigenvalue weighted by atomic mass is 16.5. The highest BCUT2D eigenvalue weighted by Gasteiger charge is 2.17. The molecule has 2 heterocycles. The summed E-state index contributed by atoms with van der Waals surface area (Å²) < 4.78 is 5.57. The van der Waals surface area contributed by atoms with E-state index in [2.05, 4.69) is 35.3 Å². The van der Waals surface area contributed by atoms with Gasteiger partial charge in [-0.2, -0.15) is 0 Å². The first-order valence-electron chi connectivity index (χ1n) is 8.10. The van der Waals surface area contributed by atoms with Crippen LogP contribution in [0.25, 0.3) is 0 Å².